The average Bonchev–Trinajstić information content (AvgIpc) is 3.22. The molecule has 2 N–H and O–H groups in total. The van der Waals surface area contributed by atoms with Crippen molar-refractivity contribution in [2.45, 2.75) is 51.2 Å². The molecule has 1 fully saturated rings. The van der Waals surface area contributed by atoms with Crippen LogP contribution in [0.15, 0.2) is 42.5 Å². The van der Waals surface area contributed by atoms with E-state index in [-0.39, 0.29) is 23.8 Å². The number of aromatic amines is 1. The van der Waals surface area contributed by atoms with Crippen LogP contribution in [0.2, 0.25) is 0 Å². The van der Waals surface area contributed by atoms with E-state index in [9.17, 15) is 9.18 Å². The van der Waals surface area contributed by atoms with Gasteiger partial charge in [-0.1, -0.05) is 18.2 Å². The number of benzene rings is 2. The standard InChI is InChI=1S/C24H26FN5O/c1-3-30(24(31)23-28-21-11-10-18(26-2)14-22(21)29-23)20-9-5-8-19(13-20)27-15-16-6-4-7-17(25)12-16/h4,6-7,10-12,14,19-20,27H,3,5,8-9,13,15H2,1H3,(H,28,29)/t19-,20+/m1/s1. The number of imidazole rings is 1. The Morgan fingerprint density at radius 1 is 1.32 bits per heavy atom. The first kappa shape index (κ1) is 21.0. The van der Waals surface area contributed by atoms with Gasteiger partial charge >= 0.3 is 0 Å². The zero-order valence-corrected chi connectivity index (χ0v) is 17.6. The van der Waals surface area contributed by atoms with Gasteiger partial charge in [-0.15, -0.1) is 0 Å². The summed E-state index contributed by atoms with van der Waals surface area (Å²) in [7, 11) is 0. The van der Waals surface area contributed by atoms with Crippen molar-refractivity contribution < 1.29 is 9.18 Å². The number of H-pyrrole nitrogens is 1. The number of carbonyl (C=O) groups is 1. The quantitative estimate of drug-likeness (QED) is 0.563. The fourth-order valence-electron chi connectivity index (χ4n) is 4.41. The number of fused-ring (bicyclic) bond motifs is 1. The lowest BCUT2D eigenvalue weighted by atomic mass is 9.89. The Bertz CT molecular complexity index is 1120. The van der Waals surface area contributed by atoms with Gasteiger partial charge in [-0.05, 0) is 62.4 Å². The molecule has 0 radical (unpaired) electrons. The highest BCUT2D eigenvalue weighted by molar-refractivity contribution is 5.95. The Morgan fingerprint density at radius 3 is 2.97 bits per heavy atom. The molecule has 6 nitrogen and oxygen atoms in total. The summed E-state index contributed by atoms with van der Waals surface area (Å²) < 4.78 is 13.4. The fourth-order valence-corrected chi connectivity index (χ4v) is 4.41. The molecule has 2 aromatic carbocycles. The maximum atomic E-state index is 13.4. The number of rotatable bonds is 6. The number of aromatic nitrogens is 2. The second-order valence-corrected chi connectivity index (χ2v) is 8.02. The van der Waals surface area contributed by atoms with Gasteiger partial charge in [-0.25, -0.2) is 14.2 Å². The molecular weight excluding hydrogens is 393 g/mol. The number of nitrogens with one attached hydrogen (secondary N) is 2. The number of carbonyl (C=O) groups excluding carboxylic acids is 1. The van der Waals surface area contributed by atoms with Gasteiger partial charge in [-0.3, -0.25) is 4.79 Å². The van der Waals surface area contributed by atoms with Gasteiger partial charge in [0.05, 0.1) is 17.6 Å². The van der Waals surface area contributed by atoms with Gasteiger partial charge in [0, 0.05) is 25.2 Å². The van der Waals surface area contributed by atoms with Gasteiger partial charge in [0.25, 0.3) is 5.91 Å². The monoisotopic (exact) mass is 419 g/mol. The summed E-state index contributed by atoms with van der Waals surface area (Å²) in [4.78, 5) is 26.1. The summed E-state index contributed by atoms with van der Waals surface area (Å²) in [5, 5.41) is 3.53. The summed E-state index contributed by atoms with van der Waals surface area (Å²) in [6.45, 7) is 10.4. The van der Waals surface area contributed by atoms with Crippen LogP contribution in [0.5, 0.6) is 0 Å². The molecule has 0 saturated heterocycles. The molecular formula is C24H26FN5O. The fraction of sp³-hybridized carbons (Fsp3) is 0.375. The van der Waals surface area contributed by atoms with Gasteiger partial charge < -0.3 is 15.2 Å². The van der Waals surface area contributed by atoms with E-state index >= 15 is 0 Å². The van der Waals surface area contributed by atoms with E-state index in [0.29, 0.717) is 35.6 Å². The smallest absolute Gasteiger partial charge is 0.289 e. The summed E-state index contributed by atoms with van der Waals surface area (Å²) in [5.74, 6) is -0.0226. The van der Waals surface area contributed by atoms with Gasteiger partial charge in [-0.2, -0.15) is 0 Å². The summed E-state index contributed by atoms with van der Waals surface area (Å²) in [6.07, 6.45) is 3.89. The van der Waals surface area contributed by atoms with Crippen LogP contribution in [0.3, 0.4) is 0 Å². The molecule has 0 bridgehead atoms. The van der Waals surface area contributed by atoms with Crippen molar-refractivity contribution in [2.75, 3.05) is 6.54 Å². The van der Waals surface area contributed by atoms with E-state index < -0.39 is 0 Å². The highest BCUT2D eigenvalue weighted by atomic mass is 19.1. The molecule has 160 valence electrons. The molecule has 4 rings (SSSR count). The first-order valence-electron chi connectivity index (χ1n) is 10.7. The molecule has 1 heterocycles. The first-order valence-corrected chi connectivity index (χ1v) is 10.7. The maximum Gasteiger partial charge on any atom is 0.289 e. The van der Waals surface area contributed by atoms with E-state index in [1.807, 2.05) is 17.9 Å². The Labute approximate surface area is 181 Å². The molecule has 31 heavy (non-hydrogen) atoms. The second kappa shape index (κ2) is 9.27. The molecule has 1 amide bonds. The summed E-state index contributed by atoms with van der Waals surface area (Å²) >= 11 is 0. The van der Waals surface area contributed by atoms with E-state index in [1.165, 1.54) is 6.07 Å². The molecule has 1 saturated carbocycles. The molecule has 0 aliphatic heterocycles. The minimum Gasteiger partial charge on any atom is -0.335 e. The van der Waals surface area contributed by atoms with Crippen molar-refractivity contribution in [1.82, 2.24) is 20.2 Å². The topological polar surface area (TPSA) is 65.4 Å². The summed E-state index contributed by atoms with van der Waals surface area (Å²) in [6, 6.07) is 12.2. The lowest BCUT2D eigenvalue weighted by Gasteiger charge is -2.37. The highest BCUT2D eigenvalue weighted by Gasteiger charge is 2.30. The minimum absolute atomic E-state index is 0.112. The van der Waals surface area contributed by atoms with Crippen LogP contribution in [0.4, 0.5) is 10.1 Å². The lowest BCUT2D eigenvalue weighted by Crippen LogP contribution is -2.47. The van der Waals surface area contributed by atoms with Gasteiger partial charge in [0.2, 0.25) is 0 Å². The summed E-state index contributed by atoms with van der Waals surface area (Å²) in [5.41, 5.74) is 2.82. The Balaban J connectivity index is 1.44. The molecule has 1 aromatic heterocycles. The van der Waals surface area contributed by atoms with Crippen LogP contribution in [-0.2, 0) is 6.54 Å². The molecule has 2 atom stereocenters. The Hall–Kier alpha value is -3.24. The first-order chi connectivity index (χ1) is 15.1. The normalized spacial score (nSPS) is 18.6. The third-order valence-corrected chi connectivity index (χ3v) is 5.97. The predicted molar refractivity (Wildman–Crippen MR) is 118 cm³/mol. The number of halogens is 1. The number of amides is 1. The molecule has 1 aliphatic rings. The Kier molecular flexibility index (Phi) is 6.28. The molecule has 0 unspecified atom stereocenters. The van der Waals surface area contributed by atoms with Crippen LogP contribution in [-0.4, -0.2) is 39.4 Å². The van der Waals surface area contributed by atoms with Crippen molar-refractivity contribution in [3.05, 3.63) is 71.1 Å². The van der Waals surface area contributed by atoms with Crippen LogP contribution in [0.1, 0.15) is 48.8 Å². The molecule has 7 heteroatoms. The van der Waals surface area contributed by atoms with Crippen LogP contribution < -0.4 is 5.32 Å². The third kappa shape index (κ3) is 4.75. The molecule has 3 aromatic rings. The van der Waals surface area contributed by atoms with E-state index in [2.05, 4.69) is 20.1 Å². The van der Waals surface area contributed by atoms with Gasteiger partial charge in [0.1, 0.15) is 5.82 Å². The number of hydrogen-bond acceptors (Lipinski definition) is 3. The Morgan fingerprint density at radius 2 is 2.19 bits per heavy atom. The van der Waals surface area contributed by atoms with Crippen molar-refractivity contribution in [1.29, 1.82) is 0 Å². The third-order valence-electron chi connectivity index (χ3n) is 5.97. The zero-order valence-electron chi connectivity index (χ0n) is 17.6. The van der Waals surface area contributed by atoms with Crippen LogP contribution in [0.25, 0.3) is 15.9 Å². The van der Waals surface area contributed by atoms with E-state index in [4.69, 9.17) is 6.57 Å². The molecule has 0 spiro atoms. The molecule has 1 aliphatic carbocycles. The second-order valence-electron chi connectivity index (χ2n) is 8.02. The van der Waals surface area contributed by atoms with E-state index in [0.717, 1.165) is 31.2 Å². The van der Waals surface area contributed by atoms with Crippen LogP contribution >= 0.6 is 0 Å². The van der Waals surface area contributed by atoms with Crippen molar-refractivity contribution in [3.63, 3.8) is 0 Å². The number of hydrogen-bond donors (Lipinski definition) is 2. The van der Waals surface area contributed by atoms with Crippen molar-refractivity contribution in [2.24, 2.45) is 0 Å². The predicted octanol–water partition coefficient (Wildman–Crippen LogP) is 4.82. The SMILES string of the molecule is [C-]#[N+]c1ccc2nc(C(=O)N(CC)[C@H]3CCC[C@@H](NCc4cccc(F)c4)C3)[nH]c2c1. The maximum absolute atomic E-state index is 13.4. The van der Waals surface area contributed by atoms with Crippen LogP contribution in [0, 0.1) is 12.4 Å². The van der Waals surface area contributed by atoms with Gasteiger partial charge in [0.15, 0.2) is 11.5 Å². The number of nitrogens with zero attached hydrogens (tertiary/aromatic N) is 3. The van der Waals surface area contributed by atoms with Crippen molar-refractivity contribution >= 4 is 22.6 Å². The largest absolute Gasteiger partial charge is 0.335 e. The average molecular weight is 420 g/mol. The minimum atomic E-state index is -0.224. The van der Waals surface area contributed by atoms with E-state index in [1.54, 1.807) is 30.3 Å². The van der Waals surface area contributed by atoms with Crippen molar-refractivity contribution in [3.8, 4) is 0 Å². The lowest BCUT2D eigenvalue weighted by molar-refractivity contribution is 0.0617. The zero-order chi connectivity index (χ0) is 21.8. The highest BCUT2D eigenvalue weighted by Crippen LogP contribution is 2.26.